The molecule has 0 spiro atoms. The molecular formula is C11H19NO. The first-order valence-corrected chi connectivity index (χ1v) is 5.45. The maximum atomic E-state index is 9.48. The Kier molecular flexibility index (Phi) is 3.01. The number of aliphatic hydroxyl groups is 1. The molecule has 13 heavy (non-hydrogen) atoms. The van der Waals surface area contributed by atoms with Crippen LogP contribution in [-0.4, -0.2) is 35.2 Å². The summed E-state index contributed by atoms with van der Waals surface area (Å²) in [5, 5.41) is 9.48. The molecule has 1 aliphatic heterocycles. The normalized spacial score (nSPS) is 32.2. The number of hydrogen-bond acceptors (Lipinski definition) is 2. The largest absolute Gasteiger partial charge is 0.388 e. The van der Waals surface area contributed by atoms with Crippen LogP contribution in [0.1, 0.15) is 32.1 Å². The summed E-state index contributed by atoms with van der Waals surface area (Å²) in [6.07, 6.45) is 10.6. The van der Waals surface area contributed by atoms with Crippen LogP contribution in [-0.2, 0) is 0 Å². The molecular weight excluding hydrogens is 162 g/mol. The van der Waals surface area contributed by atoms with Crippen molar-refractivity contribution in [2.45, 2.75) is 44.2 Å². The van der Waals surface area contributed by atoms with Gasteiger partial charge in [-0.2, -0.15) is 0 Å². The quantitative estimate of drug-likeness (QED) is 0.620. The van der Waals surface area contributed by atoms with Crippen molar-refractivity contribution in [2.24, 2.45) is 0 Å². The molecule has 2 aliphatic rings. The van der Waals surface area contributed by atoms with Crippen LogP contribution in [0.4, 0.5) is 0 Å². The minimum Gasteiger partial charge on any atom is -0.388 e. The molecule has 1 fully saturated rings. The average molecular weight is 181 g/mol. The van der Waals surface area contributed by atoms with Gasteiger partial charge in [-0.15, -0.1) is 0 Å². The molecule has 1 aliphatic carbocycles. The van der Waals surface area contributed by atoms with E-state index in [4.69, 9.17) is 0 Å². The first-order valence-electron chi connectivity index (χ1n) is 5.45. The fraction of sp³-hybridized carbons (Fsp3) is 0.818. The zero-order valence-corrected chi connectivity index (χ0v) is 8.15. The Balaban J connectivity index is 1.88. The van der Waals surface area contributed by atoms with E-state index in [1.54, 1.807) is 0 Å². The van der Waals surface area contributed by atoms with Crippen LogP contribution in [0.15, 0.2) is 12.2 Å². The van der Waals surface area contributed by atoms with E-state index in [0.717, 1.165) is 19.1 Å². The first kappa shape index (κ1) is 9.22. The van der Waals surface area contributed by atoms with Crippen molar-refractivity contribution in [1.82, 2.24) is 4.90 Å². The summed E-state index contributed by atoms with van der Waals surface area (Å²) < 4.78 is 0. The fourth-order valence-corrected chi connectivity index (χ4v) is 2.47. The number of hydrogen-bond donors (Lipinski definition) is 1. The molecule has 2 nitrogen and oxygen atoms in total. The second-order valence-electron chi connectivity index (χ2n) is 4.24. The Labute approximate surface area is 80.2 Å². The SMILES string of the molecule is O[C@@H]1C=CCN(C2CCCCC2)C1. The van der Waals surface area contributed by atoms with Crippen molar-refractivity contribution in [3.05, 3.63) is 12.2 Å². The monoisotopic (exact) mass is 181 g/mol. The van der Waals surface area contributed by atoms with Crippen LogP contribution in [0.25, 0.3) is 0 Å². The third kappa shape index (κ3) is 2.32. The standard InChI is InChI=1S/C11H19NO/c13-11-7-4-8-12(9-11)10-5-2-1-3-6-10/h4,7,10-11,13H,1-3,5-6,8-9H2/t11-/m1/s1. The molecule has 0 amide bonds. The second kappa shape index (κ2) is 4.25. The van der Waals surface area contributed by atoms with Gasteiger partial charge in [-0.25, -0.2) is 0 Å². The van der Waals surface area contributed by atoms with Gasteiger partial charge in [0.25, 0.3) is 0 Å². The van der Waals surface area contributed by atoms with Crippen molar-refractivity contribution in [3.63, 3.8) is 0 Å². The van der Waals surface area contributed by atoms with Crippen molar-refractivity contribution in [3.8, 4) is 0 Å². The van der Waals surface area contributed by atoms with Gasteiger partial charge in [-0.1, -0.05) is 31.4 Å². The lowest BCUT2D eigenvalue weighted by molar-refractivity contribution is 0.0960. The van der Waals surface area contributed by atoms with Crippen molar-refractivity contribution < 1.29 is 5.11 Å². The Morgan fingerprint density at radius 3 is 2.62 bits per heavy atom. The van der Waals surface area contributed by atoms with Gasteiger partial charge in [0.05, 0.1) is 6.10 Å². The van der Waals surface area contributed by atoms with E-state index in [1.807, 2.05) is 6.08 Å². The first-order chi connectivity index (χ1) is 6.36. The highest BCUT2D eigenvalue weighted by atomic mass is 16.3. The highest BCUT2D eigenvalue weighted by Crippen LogP contribution is 2.23. The maximum absolute atomic E-state index is 9.48. The van der Waals surface area contributed by atoms with Gasteiger partial charge in [0.2, 0.25) is 0 Å². The molecule has 0 unspecified atom stereocenters. The predicted octanol–water partition coefficient (Wildman–Crippen LogP) is 1.55. The number of β-amino-alcohol motifs (C(OH)–C–C–N with tert-alkyl or cyclic N) is 1. The van der Waals surface area contributed by atoms with Crippen molar-refractivity contribution in [2.75, 3.05) is 13.1 Å². The summed E-state index contributed by atoms with van der Waals surface area (Å²) in [7, 11) is 0. The summed E-state index contributed by atoms with van der Waals surface area (Å²) in [6.45, 7) is 1.89. The van der Waals surface area contributed by atoms with Crippen LogP contribution < -0.4 is 0 Å². The lowest BCUT2D eigenvalue weighted by Gasteiger charge is -2.36. The van der Waals surface area contributed by atoms with E-state index < -0.39 is 0 Å². The predicted molar refractivity (Wildman–Crippen MR) is 53.6 cm³/mol. The molecule has 0 aromatic heterocycles. The maximum Gasteiger partial charge on any atom is 0.0848 e. The zero-order valence-electron chi connectivity index (χ0n) is 8.15. The van der Waals surface area contributed by atoms with Crippen LogP contribution in [0.2, 0.25) is 0 Å². The van der Waals surface area contributed by atoms with E-state index in [1.165, 1.54) is 32.1 Å². The summed E-state index contributed by atoms with van der Waals surface area (Å²) >= 11 is 0. The van der Waals surface area contributed by atoms with Crippen LogP contribution >= 0.6 is 0 Å². The lowest BCUT2D eigenvalue weighted by atomic mass is 9.93. The Morgan fingerprint density at radius 2 is 1.92 bits per heavy atom. The zero-order chi connectivity index (χ0) is 9.10. The number of nitrogens with zero attached hydrogens (tertiary/aromatic N) is 1. The van der Waals surface area contributed by atoms with E-state index >= 15 is 0 Å². The van der Waals surface area contributed by atoms with E-state index in [9.17, 15) is 5.11 Å². The minimum absolute atomic E-state index is 0.226. The number of rotatable bonds is 1. The van der Waals surface area contributed by atoms with Gasteiger partial charge in [-0.3, -0.25) is 4.90 Å². The molecule has 0 bridgehead atoms. The highest BCUT2D eigenvalue weighted by Gasteiger charge is 2.23. The Hall–Kier alpha value is -0.340. The topological polar surface area (TPSA) is 23.5 Å². The summed E-state index contributed by atoms with van der Waals surface area (Å²) in [5.74, 6) is 0. The molecule has 1 heterocycles. The smallest absolute Gasteiger partial charge is 0.0848 e. The minimum atomic E-state index is -0.226. The Morgan fingerprint density at radius 1 is 1.15 bits per heavy atom. The van der Waals surface area contributed by atoms with Gasteiger partial charge in [0, 0.05) is 19.1 Å². The third-order valence-electron chi connectivity index (χ3n) is 3.21. The van der Waals surface area contributed by atoms with E-state index in [0.29, 0.717) is 0 Å². The molecule has 2 heteroatoms. The molecule has 1 atom stereocenters. The highest BCUT2D eigenvalue weighted by molar-refractivity contribution is 4.99. The van der Waals surface area contributed by atoms with Crippen LogP contribution in [0, 0.1) is 0 Å². The van der Waals surface area contributed by atoms with Crippen molar-refractivity contribution in [1.29, 1.82) is 0 Å². The third-order valence-corrected chi connectivity index (χ3v) is 3.21. The molecule has 0 aromatic rings. The van der Waals surface area contributed by atoms with Crippen LogP contribution in [0.3, 0.4) is 0 Å². The lowest BCUT2D eigenvalue weighted by Crippen LogP contribution is -2.43. The fourth-order valence-electron chi connectivity index (χ4n) is 2.47. The van der Waals surface area contributed by atoms with Gasteiger partial charge < -0.3 is 5.11 Å². The van der Waals surface area contributed by atoms with E-state index in [-0.39, 0.29) is 6.10 Å². The molecule has 0 saturated heterocycles. The van der Waals surface area contributed by atoms with Gasteiger partial charge in [-0.05, 0) is 12.8 Å². The van der Waals surface area contributed by atoms with Gasteiger partial charge in [0.15, 0.2) is 0 Å². The van der Waals surface area contributed by atoms with Crippen LogP contribution in [0.5, 0.6) is 0 Å². The van der Waals surface area contributed by atoms with E-state index in [2.05, 4.69) is 11.0 Å². The molecule has 0 aromatic carbocycles. The summed E-state index contributed by atoms with van der Waals surface area (Å²) in [5.41, 5.74) is 0. The molecule has 0 radical (unpaired) electrons. The molecule has 74 valence electrons. The molecule has 2 rings (SSSR count). The second-order valence-corrected chi connectivity index (χ2v) is 4.24. The van der Waals surface area contributed by atoms with Gasteiger partial charge in [0.1, 0.15) is 0 Å². The molecule has 1 saturated carbocycles. The summed E-state index contributed by atoms with van der Waals surface area (Å²) in [6, 6.07) is 0.744. The summed E-state index contributed by atoms with van der Waals surface area (Å²) in [4.78, 5) is 2.43. The average Bonchev–Trinajstić information content (AvgIpc) is 2.19. The van der Waals surface area contributed by atoms with Gasteiger partial charge >= 0.3 is 0 Å². The Bertz CT molecular complexity index is 185. The number of aliphatic hydroxyl groups excluding tert-OH is 1. The molecule has 1 N–H and O–H groups in total. The van der Waals surface area contributed by atoms with Crippen molar-refractivity contribution >= 4 is 0 Å².